The minimum Gasteiger partial charge on any atom is -0.483 e. The van der Waals surface area contributed by atoms with E-state index in [-0.39, 0.29) is 18.6 Å². The minimum absolute atomic E-state index is 0.0172. The predicted octanol–water partition coefficient (Wildman–Crippen LogP) is 0.981. The van der Waals surface area contributed by atoms with Crippen LogP contribution in [0.5, 0.6) is 5.75 Å². The third-order valence-electron chi connectivity index (χ3n) is 2.97. The van der Waals surface area contributed by atoms with Gasteiger partial charge in [0.05, 0.1) is 0 Å². The number of benzene rings is 1. The summed E-state index contributed by atoms with van der Waals surface area (Å²) in [5.41, 5.74) is 6.52. The van der Waals surface area contributed by atoms with Crippen molar-refractivity contribution in [2.24, 2.45) is 5.73 Å². The van der Waals surface area contributed by atoms with E-state index in [4.69, 9.17) is 10.5 Å². The molecule has 0 fully saturated rings. The number of ether oxygens (including phenoxy) is 1. The van der Waals surface area contributed by atoms with Crippen molar-refractivity contribution in [3.05, 3.63) is 29.8 Å². The lowest BCUT2D eigenvalue weighted by atomic mass is 10.2. The fraction of sp³-hybridized carbons (Fsp3) is 0.533. The number of nitrogens with one attached hydrogen (secondary N) is 1. The van der Waals surface area contributed by atoms with Gasteiger partial charge in [-0.25, -0.2) is 0 Å². The molecule has 112 valence electrons. The van der Waals surface area contributed by atoms with Crippen molar-refractivity contribution in [2.45, 2.75) is 25.9 Å². The van der Waals surface area contributed by atoms with E-state index in [1.807, 2.05) is 45.3 Å². The number of hydrogen-bond acceptors (Lipinski definition) is 4. The van der Waals surface area contributed by atoms with E-state index in [9.17, 15) is 4.79 Å². The Kier molecular flexibility index (Phi) is 7.04. The van der Waals surface area contributed by atoms with Crippen LogP contribution < -0.4 is 15.8 Å². The van der Waals surface area contributed by atoms with Crippen LogP contribution in [0.2, 0.25) is 0 Å². The van der Waals surface area contributed by atoms with E-state index in [1.165, 1.54) is 0 Å². The lowest BCUT2D eigenvalue weighted by Crippen LogP contribution is -2.37. The van der Waals surface area contributed by atoms with Crippen molar-refractivity contribution in [1.82, 2.24) is 10.2 Å². The fourth-order valence-electron chi connectivity index (χ4n) is 1.80. The van der Waals surface area contributed by atoms with Gasteiger partial charge in [0.1, 0.15) is 5.75 Å². The molecule has 1 rings (SSSR count). The number of nitrogens with zero attached hydrogens (tertiary/aromatic N) is 1. The smallest absolute Gasteiger partial charge is 0.258 e. The third-order valence-corrected chi connectivity index (χ3v) is 2.97. The van der Waals surface area contributed by atoms with Gasteiger partial charge >= 0.3 is 0 Å². The highest BCUT2D eigenvalue weighted by molar-refractivity contribution is 5.77. The van der Waals surface area contributed by atoms with E-state index >= 15 is 0 Å². The number of amides is 1. The lowest BCUT2D eigenvalue weighted by Gasteiger charge is -2.17. The van der Waals surface area contributed by atoms with Gasteiger partial charge in [0.15, 0.2) is 6.61 Å². The molecule has 0 bridgehead atoms. The molecule has 0 aliphatic heterocycles. The molecular weight excluding hydrogens is 254 g/mol. The van der Waals surface area contributed by atoms with E-state index in [0.717, 1.165) is 18.5 Å². The molecular formula is C15H25N3O2. The summed E-state index contributed by atoms with van der Waals surface area (Å²) in [4.78, 5) is 13.9. The molecule has 20 heavy (non-hydrogen) atoms. The van der Waals surface area contributed by atoms with Gasteiger partial charge in [0, 0.05) is 18.2 Å². The minimum atomic E-state index is -0.108. The Bertz CT molecular complexity index is 421. The number of nitrogens with two attached hydrogens (primary N) is 1. The van der Waals surface area contributed by atoms with Gasteiger partial charge in [0.25, 0.3) is 5.91 Å². The van der Waals surface area contributed by atoms with Crippen molar-refractivity contribution in [3.63, 3.8) is 0 Å². The topological polar surface area (TPSA) is 67.6 Å². The van der Waals surface area contributed by atoms with E-state index in [1.54, 1.807) is 0 Å². The first-order valence-corrected chi connectivity index (χ1v) is 6.87. The van der Waals surface area contributed by atoms with E-state index in [2.05, 4.69) is 10.2 Å². The molecule has 0 saturated heterocycles. The first-order chi connectivity index (χ1) is 9.52. The average Bonchev–Trinajstić information content (AvgIpc) is 2.43. The second-order valence-corrected chi connectivity index (χ2v) is 5.16. The SMILES string of the molecule is CC(CCN(C)C)NC(=O)COc1ccccc1CN. The molecule has 1 atom stereocenters. The molecule has 5 heteroatoms. The molecule has 0 saturated carbocycles. The van der Waals surface area contributed by atoms with Crippen LogP contribution >= 0.6 is 0 Å². The van der Waals surface area contributed by atoms with Crippen molar-refractivity contribution in [2.75, 3.05) is 27.2 Å². The van der Waals surface area contributed by atoms with E-state index < -0.39 is 0 Å². The van der Waals surface area contributed by atoms with Crippen molar-refractivity contribution in [1.29, 1.82) is 0 Å². The second kappa shape index (κ2) is 8.55. The van der Waals surface area contributed by atoms with Gasteiger partial charge < -0.3 is 20.7 Å². The normalized spacial score (nSPS) is 12.2. The van der Waals surface area contributed by atoms with Gasteiger partial charge in [-0.15, -0.1) is 0 Å². The lowest BCUT2D eigenvalue weighted by molar-refractivity contribution is -0.123. The largest absolute Gasteiger partial charge is 0.483 e. The van der Waals surface area contributed by atoms with Crippen molar-refractivity contribution >= 4 is 5.91 Å². The molecule has 1 amide bonds. The Hall–Kier alpha value is -1.59. The average molecular weight is 279 g/mol. The maximum Gasteiger partial charge on any atom is 0.258 e. The number of carbonyl (C=O) groups is 1. The number of rotatable bonds is 8. The Morgan fingerprint density at radius 2 is 2.10 bits per heavy atom. The van der Waals surface area contributed by atoms with Crippen LogP contribution in [0, 0.1) is 0 Å². The molecule has 0 radical (unpaired) electrons. The Morgan fingerprint density at radius 1 is 1.40 bits per heavy atom. The highest BCUT2D eigenvalue weighted by Crippen LogP contribution is 2.16. The zero-order chi connectivity index (χ0) is 15.0. The predicted molar refractivity (Wildman–Crippen MR) is 80.6 cm³/mol. The molecule has 0 aliphatic rings. The van der Waals surface area contributed by atoms with Crippen LogP contribution in [0.25, 0.3) is 0 Å². The molecule has 0 aliphatic carbocycles. The molecule has 0 aromatic heterocycles. The summed E-state index contributed by atoms with van der Waals surface area (Å²) in [7, 11) is 4.03. The summed E-state index contributed by atoms with van der Waals surface area (Å²) in [6.07, 6.45) is 0.915. The number of hydrogen-bond donors (Lipinski definition) is 2. The molecule has 1 aromatic carbocycles. The summed E-state index contributed by atoms with van der Waals surface area (Å²) < 4.78 is 5.51. The molecule has 0 heterocycles. The molecule has 1 aromatic rings. The van der Waals surface area contributed by atoms with Crippen molar-refractivity contribution < 1.29 is 9.53 Å². The molecule has 5 nitrogen and oxygen atoms in total. The first kappa shape index (κ1) is 16.5. The fourth-order valence-corrected chi connectivity index (χ4v) is 1.80. The van der Waals surface area contributed by atoms with Crippen LogP contribution in [0.15, 0.2) is 24.3 Å². The zero-order valence-electron chi connectivity index (χ0n) is 12.6. The standard InChI is InChI=1S/C15H25N3O2/c1-12(8-9-18(2)3)17-15(19)11-20-14-7-5-4-6-13(14)10-16/h4-7,12H,8-11,16H2,1-3H3,(H,17,19). The maximum absolute atomic E-state index is 11.8. The van der Waals surface area contributed by atoms with Gasteiger partial charge in [0.2, 0.25) is 0 Å². The molecule has 3 N–H and O–H groups in total. The summed E-state index contributed by atoms with van der Waals surface area (Å²) in [5, 5.41) is 2.92. The molecule has 1 unspecified atom stereocenters. The van der Waals surface area contributed by atoms with Gasteiger partial charge in [-0.2, -0.15) is 0 Å². The highest BCUT2D eigenvalue weighted by atomic mass is 16.5. The quantitative estimate of drug-likeness (QED) is 0.744. The Balaban J connectivity index is 2.36. The molecule has 0 spiro atoms. The van der Waals surface area contributed by atoms with Crippen LogP contribution in [0.4, 0.5) is 0 Å². The van der Waals surface area contributed by atoms with Crippen LogP contribution in [0.3, 0.4) is 0 Å². The zero-order valence-corrected chi connectivity index (χ0v) is 12.6. The number of carbonyl (C=O) groups excluding carboxylic acids is 1. The van der Waals surface area contributed by atoms with E-state index in [0.29, 0.717) is 12.3 Å². The summed E-state index contributed by atoms with van der Waals surface area (Å²) >= 11 is 0. The van der Waals surface area contributed by atoms with Crippen molar-refractivity contribution in [3.8, 4) is 5.75 Å². The van der Waals surface area contributed by atoms with Gasteiger partial charge in [-0.05, 0) is 40.1 Å². The van der Waals surface area contributed by atoms with Crippen LogP contribution in [-0.4, -0.2) is 44.1 Å². The van der Waals surface area contributed by atoms with Crippen LogP contribution in [0.1, 0.15) is 18.9 Å². The second-order valence-electron chi connectivity index (χ2n) is 5.16. The monoisotopic (exact) mass is 279 g/mol. The summed E-state index contributed by atoms with van der Waals surface area (Å²) in [6, 6.07) is 7.63. The summed E-state index contributed by atoms with van der Waals surface area (Å²) in [5.74, 6) is 0.564. The Labute approximate surface area is 121 Å². The maximum atomic E-state index is 11.8. The van der Waals surface area contributed by atoms with Crippen LogP contribution in [-0.2, 0) is 11.3 Å². The third kappa shape index (κ3) is 6.04. The number of para-hydroxylation sites is 1. The summed E-state index contributed by atoms with van der Waals surface area (Å²) in [6.45, 7) is 3.36. The Morgan fingerprint density at radius 3 is 2.75 bits per heavy atom. The first-order valence-electron chi connectivity index (χ1n) is 6.87. The van der Waals surface area contributed by atoms with Gasteiger partial charge in [-0.3, -0.25) is 4.79 Å². The highest BCUT2D eigenvalue weighted by Gasteiger charge is 2.09. The van der Waals surface area contributed by atoms with Gasteiger partial charge in [-0.1, -0.05) is 18.2 Å².